The molecule has 2 saturated carbocycles. The van der Waals surface area contributed by atoms with Gasteiger partial charge in [-0.25, -0.2) is 0 Å². The molecule has 0 aliphatic heterocycles. The highest BCUT2D eigenvalue weighted by Crippen LogP contribution is 2.42. The first-order valence-corrected chi connectivity index (χ1v) is 7.30. The molecule has 2 heteroatoms. The van der Waals surface area contributed by atoms with Crippen molar-refractivity contribution in [2.45, 2.75) is 65.0 Å². The smallest absolute Gasteiger partial charge is 0.0652 e. The Labute approximate surface area is 107 Å². The number of hydrogen-bond acceptors (Lipinski definition) is 2. The van der Waals surface area contributed by atoms with Gasteiger partial charge in [0.25, 0.3) is 0 Å². The minimum absolute atomic E-state index is 0.315. The van der Waals surface area contributed by atoms with E-state index in [0.29, 0.717) is 17.6 Å². The van der Waals surface area contributed by atoms with Crippen LogP contribution in [0.25, 0.3) is 0 Å². The van der Waals surface area contributed by atoms with E-state index in [1.54, 1.807) is 0 Å². The summed E-state index contributed by atoms with van der Waals surface area (Å²) in [7, 11) is 1.84. The van der Waals surface area contributed by atoms with Gasteiger partial charge in [-0.3, -0.25) is 0 Å². The molecular formula is C15H29NO. The van der Waals surface area contributed by atoms with Crippen molar-refractivity contribution < 1.29 is 4.74 Å². The Hall–Kier alpha value is -0.0800. The van der Waals surface area contributed by atoms with E-state index in [1.807, 2.05) is 7.11 Å². The lowest BCUT2D eigenvalue weighted by molar-refractivity contribution is -0.0984. The summed E-state index contributed by atoms with van der Waals surface area (Å²) in [6.45, 7) is 8.27. The summed E-state index contributed by atoms with van der Waals surface area (Å²) in [6.07, 6.45) is 7.36. The molecule has 0 aromatic rings. The standard InChI is InChI=1S/C15H29NO/c1-11-6-5-7-12(8-11)10-16-13-9-14(17-4)15(13,2)3/h11-14,16H,5-10H2,1-4H3. The van der Waals surface area contributed by atoms with Crippen LogP contribution in [0.15, 0.2) is 0 Å². The number of hydrogen-bond donors (Lipinski definition) is 1. The van der Waals surface area contributed by atoms with E-state index in [-0.39, 0.29) is 0 Å². The summed E-state index contributed by atoms with van der Waals surface area (Å²) in [5, 5.41) is 3.78. The maximum absolute atomic E-state index is 5.50. The van der Waals surface area contributed by atoms with Gasteiger partial charge in [-0.15, -0.1) is 0 Å². The fourth-order valence-electron chi connectivity index (χ4n) is 3.69. The average molecular weight is 239 g/mol. The first-order chi connectivity index (χ1) is 8.04. The molecule has 2 rings (SSSR count). The lowest BCUT2D eigenvalue weighted by atomic mass is 9.64. The fraction of sp³-hybridized carbons (Fsp3) is 1.00. The van der Waals surface area contributed by atoms with Gasteiger partial charge in [0.05, 0.1) is 6.10 Å². The van der Waals surface area contributed by atoms with Crippen LogP contribution in [0.2, 0.25) is 0 Å². The molecule has 100 valence electrons. The third-order valence-electron chi connectivity index (χ3n) is 5.16. The zero-order chi connectivity index (χ0) is 12.5. The Kier molecular flexibility index (Phi) is 4.14. The summed E-state index contributed by atoms with van der Waals surface area (Å²) in [5.74, 6) is 1.85. The Morgan fingerprint density at radius 1 is 1.24 bits per heavy atom. The summed E-state index contributed by atoms with van der Waals surface area (Å²) in [4.78, 5) is 0. The van der Waals surface area contributed by atoms with E-state index in [1.165, 1.54) is 38.6 Å². The van der Waals surface area contributed by atoms with Gasteiger partial charge in [-0.1, -0.05) is 33.6 Å². The van der Waals surface area contributed by atoms with Crippen molar-refractivity contribution in [3.8, 4) is 0 Å². The lowest BCUT2D eigenvalue weighted by Gasteiger charge is -2.52. The van der Waals surface area contributed by atoms with Crippen LogP contribution in [0.3, 0.4) is 0 Å². The second-order valence-corrected chi connectivity index (χ2v) is 6.88. The van der Waals surface area contributed by atoms with Gasteiger partial charge in [0.2, 0.25) is 0 Å². The van der Waals surface area contributed by atoms with Crippen LogP contribution in [0.1, 0.15) is 52.9 Å². The molecule has 2 aliphatic carbocycles. The van der Waals surface area contributed by atoms with Gasteiger partial charge in [0, 0.05) is 18.6 Å². The highest BCUT2D eigenvalue weighted by molar-refractivity contribution is 5.02. The number of methoxy groups -OCH3 is 1. The maximum Gasteiger partial charge on any atom is 0.0652 e. The van der Waals surface area contributed by atoms with Gasteiger partial charge in [-0.2, -0.15) is 0 Å². The van der Waals surface area contributed by atoms with Gasteiger partial charge >= 0.3 is 0 Å². The first kappa shape index (κ1) is 13.4. The molecule has 4 atom stereocenters. The van der Waals surface area contributed by atoms with Crippen LogP contribution in [0, 0.1) is 17.3 Å². The highest BCUT2D eigenvalue weighted by Gasteiger charge is 2.48. The predicted molar refractivity (Wildman–Crippen MR) is 72.1 cm³/mol. The maximum atomic E-state index is 5.50. The minimum atomic E-state index is 0.315. The van der Waals surface area contributed by atoms with Crippen molar-refractivity contribution in [2.75, 3.05) is 13.7 Å². The molecule has 2 aliphatic rings. The monoisotopic (exact) mass is 239 g/mol. The molecule has 4 unspecified atom stereocenters. The quantitative estimate of drug-likeness (QED) is 0.813. The van der Waals surface area contributed by atoms with E-state index < -0.39 is 0 Å². The Balaban J connectivity index is 1.72. The molecule has 0 aromatic carbocycles. The van der Waals surface area contributed by atoms with E-state index in [9.17, 15) is 0 Å². The van der Waals surface area contributed by atoms with Crippen LogP contribution >= 0.6 is 0 Å². The molecule has 0 bridgehead atoms. The minimum Gasteiger partial charge on any atom is -0.381 e. The normalized spacial score (nSPS) is 40.9. The average Bonchev–Trinajstić information content (AvgIpc) is 2.28. The molecule has 17 heavy (non-hydrogen) atoms. The van der Waals surface area contributed by atoms with Crippen LogP contribution in [0.5, 0.6) is 0 Å². The molecular weight excluding hydrogens is 210 g/mol. The largest absolute Gasteiger partial charge is 0.381 e. The third-order valence-corrected chi connectivity index (χ3v) is 5.16. The molecule has 2 nitrogen and oxygen atoms in total. The topological polar surface area (TPSA) is 21.3 Å². The van der Waals surface area contributed by atoms with Crippen molar-refractivity contribution in [1.29, 1.82) is 0 Å². The molecule has 0 saturated heterocycles. The van der Waals surface area contributed by atoms with Gasteiger partial charge in [0.15, 0.2) is 0 Å². The number of rotatable bonds is 4. The molecule has 0 amide bonds. The van der Waals surface area contributed by atoms with Crippen LogP contribution in [0.4, 0.5) is 0 Å². The van der Waals surface area contributed by atoms with E-state index in [0.717, 1.165) is 11.8 Å². The fourth-order valence-corrected chi connectivity index (χ4v) is 3.69. The van der Waals surface area contributed by atoms with Crippen LogP contribution in [-0.2, 0) is 4.74 Å². The molecule has 0 heterocycles. The summed E-state index contributed by atoms with van der Waals surface area (Å²) < 4.78 is 5.50. The number of ether oxygens (including phenoxy) is 1. The molecule has 0 aromatic heterocycles. The summed E-state index contributed by atoms with van der Waals surface area (Å²) in [6, 6.07) is 0.657. The third kappa shape index (κ3) is 2.85. The Bertz CT molecular complexity index is 251. The van der Waals surface area contributed by atoms with Crippen LogP contribution in [-0.4, -0.2) is 25.8 Å². The van der Waals surface area contributed by atoms with Crippen molar-refractivity contribution in [3.05, 3.63) is 0 Å². The summed E-state index contributed by atoms with van der Waals surface area (Å²) in [5.41, 5.74) is 0.315. The van der Waals surface area contributed by atoms with Crippen LogP contribution < -0.4 is 5.32 Å². The van der Waals surface area contributed by atoms with Gasteiger partial charge < -0.3 is 10.1 Å². The zero-order valence-electron chi connectivity index (χ0n) is 12.0. The highest BCUT2D eigenvalue weighted by atomic mass is 16.5. The lowest BCUT2D eigenvalue weighted by Crippen LogP contribution is -2.61. The zero-order valence-corrected chi connectivity index (χ0v) is 12.0. The molecule has 1 N–H and O–H groups in total. The SMILES string of the molecule is COC1CC(NCC2CCCC(C)C2)C1(C)C. The number of nitrogens with one attached hydrogen (secondary N) is 1. The first-order valence-electron chi connectivity index (χ1n) is 7.30. The Morgan fingerprint density at radius 2 is 2.00 bits per heavy atom. The van der Waals surface area contributed by atoms with E-state index in [4.69, 9.17) is 4.74 Å². The van der Waals surface area contributed by atoms with Gasteiger partial charge in [0.1, 0.15) is 0 Å². The molecule has 0 radical (unpaired) electrons. The second-order valence-electron chi connectivity index (χ2n) is 6.88. The van der Waals surface area contributed by atoms with Crippen molar-refractivity contribution in [2.24, 2.45) is 17.3 Å². The van der Waals surface area contributed by atoms with Crippen molar-refractivity contribution in [3.63, 3.8) is 0 Å². The van der Waals surface area contributed by atoms with Crippen molar-refractivity contribution in [1.82, 2.24) is 5.32 Å². The van der Waals surface area contributed by atoms with E-state index >= 15 is 0 Å². The predicted octanol–water partition coefficient (Wildman–Crippen LogP) is 3.22. The molecule has 0 spiro atoms. The van der Waals surface area contributed by atoms with Gasteiger partial charge in [-0.05, 0) is 37.6 Å². The summed E-state index contributed by atoms with van der Waals surface area (Å²) >= 11 is 0. The van der Waals surface area contributed by atoms with E-state index in [2.05, 4.69) is 26.1 Å². The molecule has 2 fully saturated rings. The Morgan fingerprint density at radius 3 is 2.59 bits per heavy atom. The van der Waals surface area contributed by atoms with Crippen molar-refractivity contribution >= 4 is 0 Å². The second kappa shape index (κ2) is 5.27.